The number of aryl methyl sites for hydroxylation is 1. The standard InChI is InChI=1S/C17H15N5O/c1-2-21-15-10-12(18)8-7-11(15)9-16(17(21)23)22-19-13-5-3-4-6-14(13)20-22/h3-10H,2,18H2,1H3. The Morgan fingerprint density at radius 3 is 2.39 bits per heavy atom. The summed E-state index contributed by atoms with van der Waals surface area (Å²) < 4.78 is 1.69. The molecule has 0 aliphatic carbocycles. The van der Waals surface area contributed by atoms with Crippen molar-refractivity contribution in [1.82, 2.24) is 19.6 Å². The summed E-state index contributed by atoms with van der Waals surface area (Å²) in [5.41, 5.74) is 9.12. The Balaban J connectivity index is 2.05. The number of hydrogen-bond acceptors (Lipinski definition) is 4. The van der Waals surface area contributed by atoms with Gasteiger partial charge in [-0.05, 0) is 37.3 Å². The van der Waals surface area contributed by atoms with Crippen LogP contribution < -0.4 is 11.3 Å². The van der Waals surface area contributed by atoms with Crippen molar-refractivity contribution >= 4 is 27.6 Å². The zero-order valence-corrected chi connectivity index (χ0v) is 12.6. The molecule has 2 N–H and O–H groups in total. The summed E-state index contributed by atoms with van der Waals surface area (Å²) in [6.07, 6.45) is 0. The van der Waals surface area contributed by atoms with E-state index in [0.29, 0.717) is 17.9 Å². The first-order valence-corrected chi connectivity index (χ1v) is 7.43. The SMILES string of the molecule is CCn1c(=O)c(-n2nc3ccccc3n2)cc2ccc(N)cc21. The number of rotatable bonds is 2. The monoisotopic (exact) mass is 305 g/mol. The fourth-order valence-electron chi connectivity index (χ4n) is 2.80. The second-order valence-corrected chi connectivity index (χ2v) is 5.38. The predicted octanol–water partition coefficient (Wildman–Crippen LogP) is 2.34. The van der Waals surface area contributed by atoms with Crippen molar-refractivity contribution in [2.75, 3.05) is 5.73 Å². The smallest absolute Gasteiger partial charge is 0.278 e. The van der Waals surface area contributed by atoms with Crippen LogP contribution in [-0.4, -0.2) is 19.6 Å². The van der Waals surface area contributed by atoms with E-state index >= 15 is 0 Å². The molecule has 0 unspecified atom stereocenters. The summed E-state index contributed by atoms with van der Waals surface area (Å²) in [5, 5.41) is 9.75. The fourth-order valence-corrected chi connectivity index (χ4v) is 2.80. The second kappa shape index (κ2) is 4.95. The summed E-state index contributed by atoms with van der Waals surface area (Å²) >= 11 is 0. The minimum Gasteiger partial charge on any atom is -0.399 e. The van der Waals surface area contributed by atoms with E-state index in [9.17, 15) is 4.79 Å². The van der Waals surface area contributed by atoms with Gasteiger partial charge < -0.3 is 10.3 Å². The van der Waals surface area contributed by atoms with Crippen LogP contribution in [0.15, 0.2) is 53.3 Å². The number of aromatic nitrogens is 4. The minimum atomic E-state index is -0.133. The largest absolute Gasteiger partial charge is 0.399 e. The molecule has 2 aromatic carbocycles. The topological polar surface area (TPSA) is 78.7 Å². The number of fused-ring (bicyclic) bond motifs is 2. The Morgan fingerprint density at radius 2 is 1.74 bits per heavy atom. The summed E-state index contributed by atoms with van der Waals surface area (Å²) in [5.74, 6) is 0. The molecule has 2 aromatic heterocycles. The lowest BCUT2D eigenvalue weighted by Crippen LogP contribution is -2.25. The molecule has 0 amide bonds. The fraction of sp³-hybridized carbons (Fsp3) is 0.118. The molecule has 0 aliphatic rings. The maximum absolute atomic E-state index is 12.8. The highest BCUT2D eigenvalue weighted by molar-refractivity contribution is 5.84. The van der Waals surface area contributed by atoms with Crippen LogP contribution >= 0.6 is 0 Å². The molecule has 0 saturated heterocycles. The molecule has 6 heteroatoms. The van der Waals surface area contributed by atoms with Crippen LogP contribution in [-0.2, 0) is 6.54 Å². The molecule has 0 atom stereocenters. The maximum Gasteiger partial charge on any atom is 0.278 e. The van der Waals surface area contributed by atoms with Gasteiger partial charge in [0.15, 0.2) is 5.69 Å². The molecular weight excluding hydrogens is 290 g/mol. The number of nitrogen functional groups attached to an aromatic ring is 1. The summed E-state index contributed by atoms with van der Waals surface area (Å²) in [4.78, 5) is 14.2. The third kappa shape index (κ3) is 2.07. The molecule has 4 rings (SSSR count). The van der Waals surface area contributed by atoms with Gasteiger partial charge in [-0.2, -0.15) is 0 Å². The highest BCUT2D eigenvalue weighted by atomic mass is 16.1. The normalized spacial score (nSPS) is 11.3. The molecule has 0 bridgehead atoms. The molecule has 6 nitrogen and oxygen atoms in total. The molecule has 0 fully saturated rings. The Hall–Kier alpha value is -3.15. The van der Waals surface area contributed by atoms with Gasteiger partial charge in [-0.1, -0.05) is 18.2 Å². The van der Waals surface area contributed by atoms with Crippen LogP contribution in [0.25, 0.3) is 27.6 Å². The predicted molar refractivity (Wildman–Crippen MR) is 90.7 cm³/mol. The average molecular weight is 305 g/mol. The van der Waals surface area contributed by atoms with Crippen LogP contribution in [0, 0.1) is 0 Å². The van der Waals surface area contributed by atoms with Gasteiger partial charge >= 0.3 is 0 Å². The molecule has 4 aromatic rings. The highest BCUT2D eigenvalue weighted by Gasteiger charge is 2.13. The summed E-state index contributed by atoms with van der Waals surface area (Å²) in [6.45, 7) is 2.48. The van der Waals surface area contributed by atoms with E-state index in [1.807, 2.05) is 55.5 Å². The first-order valence-electron chi connectivity index (χ1n) is 7.43. The number of nitrogens with two attached hydrogens (primary N) is 1. The lowest BCUT2D eigenvalue weighted by Gasteiger charge is -2.11. The van der Waals surface area contributed by atoms with Crippen molar-refractivity contribution in [2.45, 2.75) is 13.5 Å². The third-order valence-electron chi connectivity index (χ3n) is 3.92. The van der Waals surface area contributed by atoms with E-state index in [2.05, 4.69) is 10.2 Å². The maximum atomic E-state index is 12.8. The molecule has 114 valence electrons. The van der Waals surface area contributed by atoms with E-state index in [4.69, 9.17) is 5.73 Å². The molecule has 0 spiro atoms. The van der Waals surface area contributed by atoms with Crippen LogP contribution in [0.3, 0.4) is 0 Å². The molecular formula is C17H15N5O. The molecule has 0 aliphatic heterocycles. The van der Waals surface area contributed by atoms with Gasteiger partial charge in [-0.15, -0.1) is 15.0 Å². The number of nitrogens with zero attached hydrogens (tertiary/aromatic N) is 4. The van der Waals surface area contributed by atoms with Crippen molar-refractivity contribution in [2.24, 2.45) is 0 Å². The van der Waals surface area contributed by atoms with E-state index in [1.165, 1.54) is 4.80 Å². The highest BCUT2D eigenvalue weighted by Crippen LogP contribution is 2.19. The van der Waals surface area contributed by atoms with Gasteiger partial charge in [0, 0.05) is 17.6 Å². The van der Waals surface area contributed by atoms with Crippen LogP contribution in [0.5, 0.6) is 0 Å². The minimum absolute atomic E-state index is 0.133. The van der Waals surface area contributed by atoms with Crippen molar-refractivity contribution < 1.29 is 0 Å². The van der Waals surface area contributed by atoms with E-state index in [1.54, 1.807) is 4.57 Å². The van der Waals surface area contributed by atoms with Gasteiger partial charge in [0.05, 0.1) is 5.52 Å². The van der Waals surface area contributed by atoms with Gasteiger partial charge in [-0.25, -0.2) is 0 Å². The second-order valence-electron chi connectivity index (χ2n) is 5.38. The first kappa shape index (κ1) is 13.5. The lowest BCUT2D eigenvalue weighted by atomic mass is 10.2. The van der Waals surface area contributed by atoms with Crippen LogP contribution in [0.2, 0.25) is 0 Å². The van der Waals surface area contributed by atoms with Crippen molar-refractivity contribution in [3.63, 3.8) is 0 Å². The van der Waals surface area contributed by atoms with E-state index in [-0.39, 0.29) is 5.56 Å². The van der Waals surface area contributed by atoms with Crippen molar-refractivity contribution in [1.29, 1.82) is 0 Å². The van der Waals surface area contributed by atoms with Gasteiger partial charge in [0.1, 0.15) is 11.0 Å². The molecule has 0 saturated carbocycles. The molecule has 2 heterocycles. The zero-order valence-electron chi connectivity index (χ0n) is 12.6. The van der Waals surface area contributed by atoms with Crippen LogP contribution in [0.4, 0.5) is 5.69 Å². The number of benzene rings is 2. The number of pyridine rings is 1. The first-order chi connectivity index (χ1) is 11.2. The van der Waals surface area contributed by atoms with Gasteiger partial charge in [0.25, 0.3) is 5.56 Å². The Kier molecular flexibility index (Phi) is 2.90. The van der Waals surface area contributed by atoms with Crippen molar-refractivity contribution in [3.8, 4) is 5.69 Å². The van der Waals surface area contributed by atoms with Crippen LogP contribution in [0.1, 0.15) is 6.92 Å². The molecule has 0 radical (unpaired) electrons. The van der Waals surface area contributed by atoms with E-state index in [0.717, 1.165) is 21.9 Å². The number of anilines is 1. The zero-order chi connectivity index (χ0) is 16.0. The summed E-state index contributed by atoms with van der Waals surface area (Å²) in [6, 6.07) is 14.9. The Labute approximate surface area is 131 Å². The Morgan fingerprint density at radius 1 is 1.04 bits per heavy atom. The average Bonchev–Trinajstić information content (AvgIpc) is 2.98. The van der Waals surface area contributed by atoms with Crippen molar-refractivity contribution in [3.05, 3.63) is 58.9 Å². The lowest BCUT2D eigenvalue weighted by molar-refractivity contribution is 0.708. The van der Waals surface area contributed by atoms with Gasteiger partial charge in [0.2, 0.25) is 0 Å². The quantitative estimate of drug-likeness (QED) is 0.577. The van der Waals surface area contributed by atoms with Gasteiger partial charge in [-0.3, -0.25) is 4.79 Å². The summed E-state index contributed by atoms with van der Waals surface area (Å²) in [7, 11) is 0. The number of hydrogen-bond donors (Lipinski definition) is 1. The van der Waals surface area contributed by atoms with E-state index < -0.39 is 0 Å². The third-order valence-corrected chi connectivity index (χ3v) is 3.92. The Bertz CT molecular complexity index is 1060. The molecule has 23 heavy (non-hydrogen) atoms.